The van der Waals surface area contributed by atoms with Crippen molar-refractivity contribution in [3.8, 4) is 5.75 Å². The Balaban J connectivity index is 1.72. The molecule has 0 saturated carbocycles. The maximum Gasteiger partial charge on any atom is 0.223 e. The SMILES string of the molecule is Cc1ccccc1OCCC(=O)N[C@H]1CCS(=O)(=O)C1. The van der Waals surface area contributed by atoms with Crippen molar-refractivity contribution in [2.45, 2.75) is 25.8 Å². The molecular weight excluding hydrogens is 278 g/mol. The number of amides is 1. The molecule has 1 amide bonds. The van der Waals surface area contributed by atoms with Gasteiger partial charge in [0.1, 0.15) is 5.75 Å². The van der Waals surface area contributed by atoms with E-state index in [1.807, 2.05) is 31.2 Å². The number of sulfone groups is 1. The summed E-state index contributed by atoms with van der Waals surface area (Å²) in [5.41, 5.74) is 1.02. The first kappa shape index (κ1) is 14.8. The zero-order valence-corrected chi connectivity index (χ0v) is 12.3. The van der Waals surface area contributed by atoms with Crippen molar-refractivity contribution in [3.63, 3.8) is 0 Å². The molecule has 1 aromatic carbocycles. The van der Waals surface area contributed by atoms with Gasteiger partial charge in [-0.2, -0.15) is 0 Å². The van der Waals surface area contributed by atoms with Gasteiger partial charge in [-0.05, 0) is 25.0 Å². The van der Waals surface area contributed by atoms with Crippen molar-refractivity contribution in [1.29, 1.82) is 0 Å². The summed E-state index contributed by atoms with van der Waals surface area (Å²) in [4.78, 5) is 11.7. The van der Waals surface area contributed by atoms with E-state index in [0.717, 1.165) is 11.3 Å². The van der Waals surface area contributed by atoms with Crippen LogP contribution in [0.4, 0.5) is 0 Å². The molecular formula is C14H19NO4S. The first-order valence-electron chi connectivity index (χ1n) is 6.64. The highest BCUT2D eigenvalue weighted by molar-refractivity contribution is 7.91. The number of nitrogens with one attached hydrogen (secondary N) is 1. The molecule has 1 aliphatic heterocycles. The highest BCUT2D eigenvalue weighted by atomic mass is 32.2. The van der Waals surface area contributed by atoms with Crippen molar-refractivity contribution >= 4 is 15.7 Å². The summed E-state index contributed by atoms with van der Waals surface area (Å²) in [6.45, 7) is 2.23. The van der Waals surface area contributed by atoms with Crippen LogP contribution >= 0.6 is 0 Å². The quantitative estimate of drug-likeness (QED) is 0.882. The normalized spacial score (nSPS) is 20.6. The Hall–Kier alpha value is -1.56. The van der Waals surface area contributed by atoms with Crippen LogP contribution in [0.1, 0.15) is 18.4 Å². The summed E-state index contributed by atoms with van der Waals surface area (Å²) < 4.78 is 28.1. The van der Waals surface area contributed by atoms with E-state index in [2.05, 4.69) is 5.32 Å². The fraction of sp³-hybridized carbons (Fsp3) is 0.500. The number of hydrogen-bond acceptors (Lipinski definition) is 4. The first-order valence-corrected chi connectivity index (χ1v) is 8.47. The van der Waals surface area contributed by atoms with Crippen LogP contribution in [-0.4, -0.2) is 38.5 Å². The van der Waals surface area contributed by atoms with Gasteiger partial charge in [-0.1, -0.05) is 18.2 Å². The van der Waals surface area contributed by atoms with Gasteiger partial charge in [0.25, 0.3) is 0 Å². The van der Waals surface area contributed by atoms with Gasteiger partial charge in [-0.25, -0.2) is 8.42 Å². The predicted octanol–water partition coefficient (Wildman–Crippen LogP) is 1.07. The average molecular weight is 297 g/mol. The summed E-state index contributed by atoms with van der Waals surface area (Å²) >= 11 is 0. The Morgan fingerprint density at radius 3 is 2.80 bits per heavy atom. The molecule has 5 nitrogen and oxygen atoms in total. The van der Waals surface area contributed by atoms with E-state index in [0.29, 0.717) is 6.42 Å². The van der Waals surface area contributed by atoms with E-state index in [1.165, 1.54) is 0 Å². The lowest BCUT2D eigenvalue weighted by molar-refractivity contribution is -0.122. The van der Waals surface area contributed by atoms with Gasteiger partial charge in [0.05, 0.1) is 24.5 Å². The minimum atomic E-state index is -2.96. The van der Waals surface area contributed by atoms with E-state index in [1.54, 1.807) is 0 Å². The number of para-hydroxylation sites is 1. The van der Waals surface area contributed by atoms with Gasteiger partial charge in [0.2, 0.25) is 5.91 Å². The Morgan fingerprint density at radius 1 is 1.40 bits per heavy atom. The monoisotopic (exact) mass is 297 g/mol. The highest BCUT2D eigenvalue weighted by Crippen LogP contribution is 2.16. The molecule has 0 spiro atoms. The van der Waals surface area contributed by atoms with Gasteiger partial charge in [-0.3, -0.25) is 4.79 Å². The van der Waals surface area contributed by atoms with Crippen LogP contribution in [-0.2, 0) is 14.6 Å². The van der Waals surface area contributed by atoms with Gasteiger partial charge >= 0.3 is 0 Å². The van der Waals surface area contributed by atoms with E-state index in [-0.39, 0.29) is 36.5 Å². The smallest absolute Gasteiger partial charge is 0.223 e. The lowest BCUT2D eigenvalue weighted by Gasteiger charge is -2.12. The van der Waals surface area contributed by atoms with Crippen molar-refractivity contribution < 1.29 is 17.9 Å². The third-order valence-corrected chi connectivity index (χ3v) is 5.05. The minimum absolute atomic E-state index is 0.0530. The van der Waals surface area contributed by atoms with E-state index < -0.39 is 9.84 Å². The number of rotatable bonds is 5. The average Bonchev–Trinajstić information content (AvgIpc) is 2.71. The van der Waals surface area contributed by atoms with Gasteiger partial charge in [0, 0.05) is 6.04 Å². The van der Waals surface area contributed by atoms with Crippen molar-refractivity contribution in [3.05, 3.63) is 29.8 Å². The summed E-state index contributed by atoms with van der Waals surface area (Å²) in [5.74, 6) is 0.819. The van der Waals surface area contributed by atoms with Crippen LogP contribution in [0.25, 0.3) is 0 Å². The Labute approximate surface area is 119 Å². The maximum atomic E-state index is 11.7. The second kappa shape index (κ2) is 6.26. The number of ether oxygens (including phenoxy) is 1. The Bertz CT molecular complexity index is 583. The minimum Gasteiger partial charge on any atom is -0.493 e. The molecule has 1 N–H and O–H groups in total. The number of carbonyl (C=O) groups is 1. The van der Waals surface area contributed by atoms with Crippen LogP contribution in [0.5, 0.6) is 5.75 Å². The van der Waals surface area contributed by atoms with Crippen LogP contribution in [0, 0.1) is 6.92 Å². The molecule has 0 bridgehead atoms. The summed E-state index contributed by atoms with van der Waals surface area (Å²) in [5, 5.41) is 2.74. The molecule has 1 aromatic rings. The lowest BCUT2D eigenvalue weighted by Crippen LogP contribution is -2.36. The molecule has 2 rings (SSSR count). The third-order valence-electron chi connectivity index (χ3n) is 3.28. The van der Waals surface area contributed by atoms with Crippen LogP contribution in [0.15, 0.2) is 24.3 Å². The fourth-order valence-electron chi connectivity index (χ4n) is 2.18. The third kappa shape index (κ3) is 4.23. The van der Waals surface area contributed by atoms with Gasteiger partial charge in [0.15, 0.2) is 9.84 Å². The number of aryl methyl sites for hydroxylation is 1. The van der Waals surface area contributed by atoms with Gasteiger partial charge < -0.3 is 10.1 Å². The second-order valence-electron chi connectivity index (χ2n) is 5.03. The first-order chi connectivity index (χ1) is 9.46. The molecule has 6 heteroatoms. The van der Waals surface area contributed by atoms with Crippen molar-refractivity contribution in [1.82, 2.24) is 5.32 Å². The van der Waals surface area contributed by atoms with Crippen molar-refractivity contribution in [2.75, 3.05) is 18.1 Å². The lowest BCUT2D eigenvalue weighted by atomic mass is 10.2. The van der Waals surface area contributed by atoms with Gasteiger partial charge in [-0.15, -0.1) is 0 Å². The zero-order valence-electron chi connectivity index (χ0n) is 11.5. The van der Waals surface area contributed by atoms with Crippen LogP contribution in [0.2, 0.25) is 0 Å². The molecule has 0 aromatic heterocycles. The molecule has 110 valence electrons. The Morgan fingerprint density at radius 2 is 2.15 bits per heavy atom. The summed E-state index contributed by atoms with van der Waals surface area (Å²) in [6.07, 6.45) is 0.734. The number of hydrogen-bond donors (Lipinski definition) is 1. The Kier molecular flexibility index (Phi) is 4.65. The highest BCUT2D eigenvalue weighted by Gasteiger charge is 2.28. The topological polar surface area (TPSA) is 72.5 Å². The van der Waals surface area contributed by atoms with E-state index >= 15 is 0 Å². The molecule has 1 fully saturated rings. The molecule has 20 heavy (non-hydrogen) atoms. The fourth-order valence-corrected chi connectivity index (χ4v) is 3.85. The zero-order chi connectivity index (χ0) is 14.6. The molecule has 1 heterocycles. The number of benzene rings is 1. The summed E-state index contributed by atoms with van der Waals surface area (Å²) in [6, 6.07) is 7.36. The maximum absolute atomic E-state index is 11.7. The molecule has 1 saturated heterocycles. The van der Waals surface area contributed by atoms with E-state index in [9.17, 15) is 13.2 Å². The standard InChI is InChI=1S/C14H19NO4S/c1-11-4-2-3-5-13(11)19-8-6-14(16)15-12-7-9-20(17,18)10-12/h2-5,12H,6-10H2,1H3,(H,15,16)/t12-/m0/s1. The number of carbonyl (C=O) groups excluding carboxylic acids is 1. The van der Waals surface area contributed by atoms with E-state index in [4.69, 9.17) is 4.74 Å². The predicted molar refractivity (Wildman–Crippen MR) is 76.5 cm³/mol. The second-order valence-corrected chi connectivity index (χ2v) is 7.26. The largest absolute Gasteiger partial charge is 0.493 e. The molecule has 1 atom stereocenters. The molecule has 0 unspecified atom stereocenters. The molecule has 1 aliphatic rings. The molecule has 0 aliphatic carbocycles. The molecule has 0 radical (unpaired) electrons. The van der Waals surface area contributed by atoms with Crippen LogP contribution < -0.4 is 10.1 Å². The van der Waals surface area contributed by atoms with Crippen molar-refractivity contribution in [2.24, 2.45) is 0 Å². The van der Waals surface area contributed by atoms with Crippen LogP contribution in [0.3, 0.4) is 0 Å². The summed E-state index contributed by atoms with van der Waals surface area (Å²) in [7, 11) is -2.96.